The van der Waals surface area contributed by atoms with E-state index in [-0.39, 0.29) is 17.9 Å². The summed E-state index contributed by atoms with van der Waals surface area (Å²) < 4.78 is 11.9. The van der Waals surface area contributed by atoms with Gasteiger partial charge in [-0.1, -0.05) is 26.5 Å². The number of benzene rings is 1. The zero-order chi connectivity index (χ0) is 19.9. The van der Waals surface area contributed by atoms with Gasteiger partial charge in [0.15, 0.2) is 5.82 Å². The minimum absolute atomic E-state index is 0.107. The lowest BCUT2D eigenvalue weighted by Gasteiger charge is -2.16. The van der Waals surface area contributed by atoms with Gasteiger partial charge in [-0.25, -0.2) is 14.9 Å². The lowest BCUT2D eigenvalue weighted by molar-refractivity contribution is -0.116. The monoisotopic (exact) mass is 380 g/mol. The van der Waals surface area contributed by atoms with E-state index in [0.717, 1.165) is 42.1 Å². The zero-order valence-electron chi connectivity index (χ0n) is 16.4. The van der Waals surface area contributed by atoms with Crippen LogP contribution in [0.2, 0.25) is 0 Å². The van der Waals surface area contributed by atoms with Crippen LogP contribution in [0.1, 0.15) is 37.8 Å². The summed E-state index contributed by atoms with van der Waals surface area (Å²) in [4.78, 5) is 21.9. The summed E-state index contributed by atoms with van der Waals surface area (Å²) in [6, 6.07) is 3.96. The molecule has 0 bridgehead atoms. The molecule has 1 saturated heterocycles. The highest BCUT2D eigenvalue weighted by atomic mass is 16.5. The average Bonchev–Trinajstić information content (AvgIpc) is 3.27. The van der Waals surface area contributed by atoms with Gasteiger partial charge in [0, 0.05) is 11.0 Å². The smallest absolute Gasteiger partial charge is 0.253 e. The van der Waals surface area contributed by atoms with Crippen molar-refractivity contribution >= 4 is 11.7 Å². The highest BCUT2D eigenvalue weighted by Gasteiger charge is 2.53. The molecular formula is C21H24N4O3. The summed E-state index contributed by atoms with van der Waals surface area (Å²) in [7, 11) is 0. The van der Waals surface area contributed by atoms with Crippen LogP contribution in [0.25, 0.3) is 0 Å². The number of amides is 1. The average molecular weight is 380 g/mol. The Morgan fingerprint density at radius 3 is 2.64 bits per heavy atom. The SMILES string of the molecule is C=C1NCC(=O)N1c1cnc(Oc2ccc(C)c3c2C2(CC2)CO3)cn1.CC. The van der Waals surface area contributed by atoms with Crippen LogP contribution in [0, 0.1) is 6.92 Å². The lowest BCUT2D eigenvalue weighted by Crippen LogP contribution is -2.24. The fourth-order valence-corrected chi connectivity index (χ4v) is 3.61. The largest absolute Gasteiger partial charge is 0.492 e. The van der Waals surface area contributed by atoms with Gasteiger partial charge >= 0.3 is 0 Å². The van der Waals surface area contributed by atoms with Gasteiger partial charge in [-0.05, 0) is 31.4 Å². The first-order chi connectivity index (χ1) is 13.6. The van der Waals surface area contributed by atoms with Crippen molar-refractivity contribution in [2.75, 3.05) is 18.1 Å². The van der Waals surface area contributed by atoms with E-state index in [0.29, 0.717) is 17.5 Å². The molecule has 0 radical (unpaired) electrons. The maximum Gasteiger partial charge on any atom is 0.253 e. The molecule has 1 aromatic heterocycles. The second-order valence-corrected chi connectivity index (χ2v) is 7.00. The number of ether oxygens (including phenoxy) is 2. The Hall–Kier alpha value is -3.09. The number of rotatable bonds is 3. The van der Waals surface area contributed by atoms with Crippen molar-refractivity contribution in [1.82, 2.24) is 15.3 Å². The molecule has 1 spiro atoms. The third-order valence-electron chi connectivity index (χ3n) is 5.21. The predicted octanol–water partition coefficient (Wildman–Crippen LogP) is 3.43. The fraction of sp³-hybridized carbons (Fsp3) is 0.381. The number of carbonyl (C=O) groups is 1. The molecule has 28 heavy (non-hydrogen) atoms. The molecule has 0 unspecified atom stereocenters. The Kier molecular flexibility index (Phi) is 4.45. The normalized spacial score (nSPS) is 18.2. The molecule has 146 valence electrons. The molecular weight excluding hydrogens is 356 g/mol. The van der Waals surface area contributed by atoms with Gasteiger partial charge in [0.25, 0.3) is 5.91 Å². The molecule has 1 saturated carbocycles. The second-order valence-electron chi connectivity index (χ2n) is 7.00. The molecule has 1 N–H and O–H groups in total. The van der Waals surface area contributed by atoms with Crippen LogP contribution in [-0.2, 0) is 10.2 Å². The minimum Gasteiger partial charge on any atom is -0.492 e. The standard InChI is InChI=1S/C19H18N4O3.C2H6/c1-11-3-4-13(17-18(11)25-10-19(17)5-6-19)26-15-8-21-14(7-22-15)23-12(2)20-9-16(23)24;1-2/h3-4,7-8,20H,2,5-6,9-10H2,1H3;1-2H3. The first-order valence-electron chi connectivity index (χ1n) is 9.60. The Morgan fingerprint density at radius 2 is 2.04 bits per heavy atom. The number of hydrogen-bond donors (Lipinski definition) is 1. The molecule has 2 aliphatic heterocycles. The number of nitrogens with one attached hydrogen (secondary N) is 1. The van der Waals surface area contributed by atoms with E-state index in [1.807, 2.05) is 32.9 Å². The van der Waals surface area contributed by atoms with Crippen LogP contribution in [0.5, 0.6) is 17.4 Å². The van der Waals surface area contributed by atoms with Crippen molar-refractivity contribution in [3.05, 3.63) is 48.1 Å². The Balaban J connectivity index is 0.000000932. The van der Waals surface area contributed by atoms with Crippen molar-refractivity contribution in [2.24, 2.45) is 0 Å². The van der Waals surface area contributed by atoms with Crippen molar-refractivity contribution in [1.29, 1.82) is 0 Å². The lowest BCUT2D eigenvalue weighted by atomic mass is 9.95. The van der Waals surface area contributed by atoms with Crippen molar-refractivity contribution < 1.29 is 14.3 Å². The molecule has 7 heteroatoms. The number of anilines is 1. The van der Waals surface area contributed by atoms with Crippen molar-refractivity contribution in [2.45, 2.75) is 39.0 Å². The second kappa shape index (κ2) is 6.82. The number of aromatic nitrogens is 2. The van der Waals surface area contributed by atoms with E-state index >= 15 is 0 Å². The number of aryl methyl sites for hydroxylation is 1. The van der Waals surface area contributed by atoms with Gasteiger partial charge in [0.05, 0.1) is 25.5 Å². The quantitative estimate of drug-likeness (QED) is 0.879. The maximum absolute atomic E-state index is 11.9. The first kappa shape index (κ1) is 18.3. The van der Waals surface area contributed by atoms with E-state index in [2.05, 4.69) is 21.9 Å². The first-order valence-corrected chi connectivity index (χ1v) is 9.60. The van der Waals surface area contributed by atoms with Crippen LogP contribution in [0.15, 0.2) is 36.9 Å². The minimum atomic E-state index is -0.109. The van der Waals surface area contributed by atoms with Crippen LogP contribution >= 0.6 is 0 Å². The van der Waals surface area contributed by atoms with Gasteiger partial charge in [-0.2, -0.15) is 0 Å². The molecule has 0 atom stereocenters. The third kappa shape index (κ3) is 2.87. The molecule has 2 aromatic rings. The predicted molar refractivity (Wildman–Crippen MR) is 106 cm³/mol. The van der Waals surface area contributed by atoms with Crippen LogP contribution in [0.3, 0.4) is 0 Å². The van der Waals surface area contributed by atoms with Gasteiger partial charge in [0.1, 0.15) is 17.3 Å². The maximum atomic E-state index is 11.9. The number of fused-ring (bicyclic) bond motifs is 2. The van der Waals surface area contributed by atoms with Gasteiger partial charge in [0.2, 0.25) is 5.88 Å². The molecule has 2 fully saturated rings. The summed E-state index contributed by atoms with van der Waals surface area (Å²) in [5.74, 6) is 2.91. The molecule has 1 amide bonds. The molecule has 7 nitrogen and oxygen atoms in total. The van der Waals surface area contributed by atoms with E-state index in [9.17, 15) is 4.79 Å². The Labute approximate surface area is 164 Å². The summed E-state index contributed by atoms with van der Waals surface area (Å²) in [5.41, 5.74) is 2.38. The fourth-order valence-electron chi connectivity index (χ4n) is 3.61. The molecule has 5 rings (SSSR count). The zero-order valence-corrected chi connectivity index (χ0v) is 16.4. The Bertz CT molecular complexity index is 919. The molecule has 3 aliphatic rings. The summed E-state index contributed by atoms with van der Waals surface area (Å²) in [6.07, 6.45) is 5.28. The Morgan fingerprint density at radius 1 is 1.25 bits per heavy atom. The molecule has 1 aliphatic carbocycles. The highest BCUT2D eigenvalue weighted by Crippen LogP contribution is 2.59. The number of hydrogen-bond acceptors (Lipinski definition) is 6. The highest BCUT2D eigenvalue weighted by molar-refractivity contribution is 5.99. The number of carbonyl (C=O) groups excluding carboxylic acids is 1. The van der Waals surface area contributed by atoms with Gasteiger partial charge in [-0.15, -0.1) is 0 Å². The van der Waals surface area contributed by atoms with Crippen LogP contribution in [0.4, 0.5) is 5.82 Å². The van der Waals surface area contributed by atoms with Gasteiger partial charge < -0.3 is 14.8 Å². The van der Waals surface area contributed by atoms with Crippen LogP contribution in [-0.4, -0.2) is 29.0 Å². The van der Waals surface area contributed by atoms with E-state index in [1.165, 1.54) is 17.3 Å². The third-order valence-corrected chi connectivity index (χ3v) is 5.21. The van der Waals surface area contributed by atoms with E-state index in [4.69, 9.17) is 9.47 Å². The van der Waals surface area contributed by atoms with Crippen LogP contribution < -0.4 is 19.7 Å². The molecule has 1 aromatic carbocycles. The van der Waals surface area contributed by atoms with E-state index in [1.54, 1.807) is 0 Å². The van der Waals surface area contributed by atoms with Crippen molar-refractivity contribution in [3.63, 3.8) is 0 Å². The summed E-state index contributed by atoms with van der Waals surface area (Å²) in [5, 5.41) is 2.89. The molecule has 3 heterocycles. The number of nitrogens with zero attached hydrogens (tertiary/aromatic N) is 3. The topological polar surface area (TPSA) is 76.6 Å². The summed E-state index contributed by atoms with van der Waals surface area (Å²) >= 11 is 0. The van der Waals surface area contributed by atoms with Gasteiger partial charge in [-0.3, -0.25) is 4.79 Å². The van der Waals surface area contributed by atoms with E-state index < -0.39 is 0 Å². The summed E-state index contributed by atoms with van der Waals surface area (Å²) in [6.45, 7) is 10.8. The van der Waals surface area contributed by atoms with Crippen molar-refractivity contribution in [3.8, 4) is 17.4 Å².